The Kier molecular flexibility index (Phi) is 3.85. The molecule has 0 N–H and O–H groups in total. The zero-order valence-electron chi connectivity index (χ0n) is 8.98. The molecule has 0 fully saturated rings. The van der Waals surface area contributed by atoms with E-state index in [-0.39, 0.29) is 0 Å². The summed E-state index contributed by atoms with van der Waals surface area (Å²) in [5, 5.41) is 2.82. The van der Waals surface area contributed by atoms with E-state index in [0.717, 1.165) is 5.56 Å². The molecule has 1 aromatic carbocycles. The molecule has 4 heteroatoms. The first-order chi connectivity index (χ1) is 7.21. The van der Waals surface area contributed by atoms with Crippen LogP contribution in [0.2, 0.25) is 0 Å². The molecule has 0 saturated carbocycles. The molecule has 0 atom stereocenters. The fourth-order valence-corrected chi connectivity index (χ4v) is 1.21. The summed E-state index contributed by atoms with van der Waals surface area (Å²) in [7, 11) is 3.14. The molecule has 0 spiro atoms. The van der Waals surface area contributed by atoms with Gasteiger partial charge in [0.2, 0.25) is 0 Å². The average Bonchev–Trinajstić information content (AvgIpc) is 2.28. The summed E-state index contributed by atoms with van der Waals surface area (Å²) < 4.78 is 10.2. The summed E-state index contributed by atoms with van der Waals surface area (Å²) in [6.07, 6.45) is 1.68. The molecule has 0 amide bonds. The highest BCUT2D eigenvalue weighted by atomic mass is 16.5. The van der Waals surface area contributed by atoms with Gasteiger partial charge in [-0.25, -0.2) is 0 Å². The first kappa shape index (κ1) is 11.2. The molecule has 1 aromatic rings. The summed E-state index contributed by atoms with van der Waals surface area (Å²) in [5.41, 5.74) is 1.27. The number of hydrogen-bond donors (Lipinski definition) is 0. The molecule has 0 radical (unpaired) electrons. The predicted octanol–water partition coefficient (Wildman–Crippen LogP) is 2.83. The Morgan fingerprint density at radius 3 is 2.47 bits per heavy atom. The minimum Gasteiger partial charge on any atom is -0.493 e. The van der Waals surface area contributed by atoms with E-state index in [1.807, 2.05) is 6.07 Å². The molecule has 0 aliphatic carbocycles. The molecule has 4 nitrogen and oxygen atoms in total. The van der Waals surface area contributed by atoms with Gasteiger partial charge < -0.3 is 9.47 Å². The largest absolute Gasteiger partial charge is 0.493 e. The van der Waals surface area contributed by atoms with Crippen molar-refractivity contribution in [2.24, 2.45) is 5.18 Å². The molecule has 0 aliphatic heterocycles. The van der Waals surface area contributed by atoms with Crippen LogP contribution in [-0.2, 0) is 0 Å². The van der Waals surface area contributed by atoms with Gasteiger partial charge in [0.15, 0.2) is 11.5 Å². The quantitative estimate of drug-likeness (QED) is 0.713. The third-order valence-electron chi connectivity index (χ3n) is 1.93. The fraction of sp³-hybridized carbons (Fsp3) is 0.273. The van der Waals surface area contributed by atoms with Crippen LogP contribution in [0.5, 0.6) is 11.5 Å². The monoisotopic (exact) mass is 207 g/mol. The Hall–Kier alpha value is -1.84. The summed E-state index contributed by atoms with van der Waals surface area (Å²) >= 11 is 0. The van der Waals surface area contributed by atoms with Gasteiger partial charge in [0, 0.05) is 0 Å². The van der Waals surface area contributed by atoms with Crippen LogP contribution in [0.3, 0.4) is 0 Å². The Bertz CT molecular complexity index is 385. The third kappa shape index (κ3) is 2.80. The lowest BCUT2D eigenvalue weighted by molar-refractivity contribution is 0.355. The lowest BCUT2D eigenvalue weighted by Crippen LogP contribution is -1.90. The maximum atomic E-state index is 10.2. The molecule has 0 aliphatic rings. The Labute approximate surface area is 88.5 Å². The Balaban J connectivity index is 3.08. The number of benzene rings is 1. The maximum absolute atomic E-state index is 10.2. The average molecular weight is 207 g/mol. The Morgan fingerprint density at radius 1 is 1.27 bits per heavy atom. The van der Waals surface area contributed by atoms with Gasteiger partial charge in [-0.1, -0.05) is 6.07 Å². The number of ether oxygens (including phenoxy) is 2. The number of hydrogen-bond acceptors (Lipinski definition) is 4. The molecule has 15 heavy (non-hydrogen) atoms. The summed E-state index contributed by atoms with van der Waals surface area (Å²) in [6.45, 7) is 1.64. The minimum atomic E-state index is 0.419. The molecular weight excluding hydrogens is 194 g/mol. The highest BCUT2D eigenvalue weighted by molar-refractivity contribution is 5.57. The van der Waals surface area contributed by atoms with Crippen molar-refractivity contribution in [1.29, 1.82) is 0 Å². The zero-order valence-corrected chi connectivity index (χ0v) is 8.98. The SMILES string of the molecule is COc1ccc(C=C(C)N=O)cc1OC. The lowest BCUT2D eigenvalue weighted by atomic mass is 10.2. The van der Waals surface area contributed by atoms with E-state index in [2.05, 4.69) is 5.18 Å². The van der Waals surface area contributed by atoms with E-state index in [9.17, 15) is 4.91 Å². The van der Waals surface area contributed by atoms with E-state index in [1.165, 1.54) is 0 Å². The van der Waals surface area contributed by atoms with E-state index >= 15 is 0 Å². The summed E-state index contributed by atoms with van der Waals surface area (Å²) in [5.74, 6) is 1.29. The van der Waals surface area contributed by atoms with E-state index < -0.39 is 0 Å². The standard InChI is InChI=1S/C11H13NO3/c1-8(12-13)6-9-4-5-10(14-2)11(7-9)15-3/h4-7H,1-3H3. The van der Waals surface area contributed by atoms with Crippen LogP contribution in [0.25, 0.3) is 6.08 Å². The molecule has 0 aromatic heterocycles. The molecule has 0 unspecified atom stereocenters. The topological polar surface area (TPSA) is 47.9 Å². The van der Waals surface area contributed by atoms with Crippen molar-refractivity contribution >= 4 is 6.08 Å². The maximum Gasteiger partial charge on any atom is 0.161 e. The number of nitrogens with zero attached hydrogens (tertiary/aromatic N) is 1. The normalized spacial score (nSPS) is 11.0. The van der Waals surface area contributed by atoms with Gasteiger partial charge in [-0.15, -0.1) is 4.91 Å². The second-order valence-electron chi connectivity index (χ2n) is 2.99. The van der Waals surface area contributed by atoms with Crippen LogP contribution in [0, 0.1) is 4.91 Å². The Morgan fingerprint density at radius 2 is 1.93 bits per heavy atom. The number of rotatable bonds is 4. The molecule has 0 heterocycles. The first-order valence-electron chi connectivity index (χ1n) is 4.45. The van der Waals surface area contributed by atoms with Gasteiger partial charge in [0.25, 0.3) is 0 Å². The van der Waals surface area contributed by atoms with Crippen LogP contribution >= 0.6 is 0 Å². The predicted molar refractivity (Wildman–Crippen MR) is 59.0 cm³/mol. The highest BCUT2D eigenvalue weighted by Gasteiger charge is 2.03. The van der Waals surface area contributed by atoms with Crippen LogP contribution < -0.4 is 9.47 Å². The lowest BCUT2D eigenvalue weighted by Gasteiger charge is -2.07. The van der Waals surface area contributed by atoms with Crippen LogP contribution in [0.1, 0.15) is 12.5 Å². The van der Waals surface area contributed by atoms with Crippen LogP contribution in [0.15, 0.2) is 29.1 Å². The zero-order chi connectivity index (χ0) is 11.3. The van der Waals surface area contributed by atoms with Gasteiger partial charge in [-0.05, 0) is 35.9 Å². The van der Waals surface area contributed by atoms with Crippen molar-refractivity contribution in [3.63, 3.8) is 0 Å². The third-order valence-corrected chi connectivity index (χ3v) is 1.93. The smallest absolute Gasteiger partial charge is 0.161 e. The minimum absolute atomic E-state index is 0.419. The van der Waals surface area contributed by atoms with Crippen LogP contribution in [-0.4, -0.2) is 14.2 Å². The second-order valence-corrected chi connectivity index (χ2v) is 2.99. The molecule has 0 saturated heterocycles. The van der Waals surface area contributed by atoms with Gasteiger partial charge >= 0.3 is 0 Å². The van der Waals surface area contributed by atoms with Crippen molar-refractivity contribution in [1.82, 2.24) is 0 Å². The van der Waals surface area contributed by atoms with Gasteiger partial charge in [-0.2, -0.15) is 0 Å². The molecule has 1 rings (SSSR count). The van der Waals surface area contributed by atoms with Crippen molar-refractivity contribution < 1.29 is 9.47 Å². The summed E-state index contributed by atoms with van der Waals surface area (Å²) in [4.78, 5) is 10.2. The molecular formula is C11H13NO3. The van der Waals surface area contributed by atoms with Crippen molar-refractivity contribution in [3.8, 4) is 11.5 Å². The van der Waals surface area contributed by atoms with Gasteiger partial charge in [0.05, 0.1) is 19.9 Å². The number of allylic oxidation sites excluding steroid dienone is 1. The van der Waals surface area contributed by atoms with Crippen LogP contribution in [0.4, 0.5) is 0 Å². The second kappa shape index (κ2) is 5.14. The molecule has 80 valence electrons. The van der Waals surface area contributed by atoms with Crippen molar-refractivity contribution in [3.05, 3.63) is 34.4 Å². The number of methoxy groups -OCH3 is 2. The van der Waals surface area contributed by atoms with E-state index in [4.69, 9.17) is 9.47 Å². The number of nitroso groups, excluding NO2 is 1. The van der Waals surface area contributed by atoms with Crippen molar-refractivity contribution in [2.75, 3.05) is 14.2 Å². The summed E-state index contributed by atoms with van der Waals surface area (Å²) in [6, 6.07) is 5.40. The van der Waals surface area contributed by atoms with Gasteiger partial charge in [0.1, 0.15) is 0 Å². The first-order valence-corrected chi connectivity index (χ1v) is 4.45. The molecule has 0 bridgehead atoms. The highest BCUT2D eigenvalue weighted by Crippen LogP contribution is 2.28. The van der Waals surface area contributed by atoms with Gasteiger partial charge in [-0.3, -0.25) is 0 Å². The van der Waals surface area contributed by atoms with E-state index in [0.29, 0.717) is 17.2 Å². The van der Waals surface area contributed by atoms with Crippen molar-refractivity contribution in [2.45, 2.75) is 6.92 Å². The van der Waals surface area contributed by atoms with E-state index in [1.54, 1.807) is 39.4 Å². The fourth-order valence-electron chi connectivity index (χ4n) is 1.21.